The van der Waals surface area contributed by atoms with Crippen molar-refractivity contribution in [3.05, 3.63) is 40.2 Å². The van der Waals surface area contributed by atoms with Gasteiger partial charge in [0.15, 0.2) is 0 Å². The molecular weight excluding hydrogens is 306 g/mol. The fraction of sp³-hybridized carbons (Fsp3) is 0.474. The van der Waals surface area contributed by atoms with Crippen LogP contribution in [-0.2, 0) is 0 Å². The van der Waals surface area contributed by atoms with Crippen LogP contribution in [0.4, 0.5) is 0 Å². The smallest absolute Gasteiger partial charge is 0.349 e. The van der Waals surface area contributed by atoms with Crippen LogP contribution in [0.3, 0.4) is 0 Å². The number of carbonyl (C=O) groups is 1. The van der Waals surface area contributed by atoms with Crippen molar-refractivity contribution in [2.45, 2.75) is 58.1 Å². The lowest BCUT2D eigenvalue weighted by atomic mass is 9.95. The summed E-state index contributed by atoms with van der Waals surface area (Å²) in [6.07, 6.45) is 5.44. The molecule has 1 amide bonds. The number of hydrogen-bond acceptors (Lipinski definition) is 4. The van der Waals surface area contributed by atoms with Crippen LogP contribution < -0.4 is 15.7 Å². The molecule has 24 heavy (non-hydrogen) atoms. The van der Waals surface area contributed by atoms with Crippen LogP contribution in [0.25, 0.3) is 11.0 Å². The molecule has 0 aliphatic heterocycles. The zero-order valence-corrected chi connectivity index (χ0v) is 14.1. The molecular formula is C19H23NO4. The molecule has 0 atom stereocenters. The van der Waals surface area contributed by atoms with E-state index in [1.165, 1.54) is 6.42 Å². The van der Waals surface area contributed by atoms with E-state index in [-0.39, 0.29) is 23.6 Å². The van der Waals surface area contributed by atoms with Gasteiger partial charge < -0.3 is 14.5 Å². The summed E-state index contributed by atoms with van der Waals surface area (Å²) in [7, 11) is 0. The molecule has 0 radical (unpaired) electrons. The van der Waals surface area contributed by atoms with E-state index >= 15 is 0 Å². The molecule has 5 nitrogen and oxygen atoms in total. The number of hydrogen-bond donors (Lipinski definition) is 1. The molecule has 1 N–H and O–H groups in total. The number of carbonyl (C=O) groups excluding carboxylic acids is 1. The van der Waals surface area contributed by atoms with Gasteiger partial charge in [-0.3, -0.25) is 4.79 Å². The molecule has 1 aliphatic carbocycles. The molecule has 0 bridgehead atoms. The molecule has 0 unspecified atom stereocenters. The maximum absolute atomic E-state index is 12.4. The summed E-state index contributed by atoms with van der Waals surface area (Å²) in [6, 6.07) is 7.04. The maximum Gasteiger partial charge on any atom is 0.349 e. The van der Waals surface area contributed by atoms with Gasteiger partial charge in [0.25, 0.3) is 5.91 Å². The molecule has 0 spiro atoms. The molecule has 0 saturated heterocycles. The van der Waals surface area contributed by atoms with E-state index in [4.69, 9.17) is 9.15 Å². The fourth-order valence-corrected chi connectivity index (χ4v) is 3.11. The molecule has 5 heteroatoms. The van der Waals surface area contributed by atoms with Crippen molar-refractivity contribution in [2.75, 3.05) is 0 Å². The second kappa shape index (κ2) is 7.07. The van der Waals surface area contributed by atoms with E-state index in [0.29, 0.717) is 16.7 Å². The Morgan fingerprint density at radius 2 is 1.96 bits per heavy atom. The first kappa shape index (κ1) is 16.6. The minimum atomic E-state index is -0.613. The zero-order valence-electron chi connectivity index (χ0n) is 14.1. The van der Waals surface area contributed by atoms with Crippen LogP contribution in [0, 0.1) is 0 Å². The van der Waals surface area contributed by atoms with E-state index < -0.39 is 5.63 Å². The SMILES string of the molecule is CC(C)Oc1ccc2cc(C(=O)NC3CCCCC3)c(=O)oc2c1. The predicted molar refractivity (Wildman–Crippen MR) is 92.6 cm³/mol. The van der Waals surface area contributed by atoms with Gasteiger partial charge in [0.05, 0.1) is 6.10 Å². The van der Waals surface area contributed by atoms with Crippen molar-refractivity contribution in [3.8, 4) is 5.75 Å². The minimum absolute atomic E-state index is 0.0368. The second-order valence-corrected chi connectivity index (χ2v) is 6.62. The number of nitrogens with one attached hydrogen (secondary N) is 1. The largest absolute Gasteiger partial charge is 0.491 e. The average Bonchev–Trinajstić information content (AvgIpc) is 2.54. The van der Waals surface area contributed by atoms with E-state index in [1.54, 1.807) is 18.2 Å². The van der Waals surface area contributed by atoms with Crippen molar-refractivity contribution < 1.29 is 13.9 Å². The first-order valence-corrected chi connectivity index (χ1v) is 8.58. The third-order valence-corrected chi connectivity index (χ3v) is 4.26. The minimum Gasteiger partial charge on any atom is -0.491 e. The lowest BCUT2D eigenvalue weighted by molar-refractivity contribution is 0.0924. The Bertz CT molecular complexity index is 788. The maximum atomic E-state index is 12.4. The van der Waals surface area contributed by atoms with Crippen molar-refractivity contribution in [1.29, 1.82) is 0 Å². The Kier molecular flexibility index (Phi) is 4.88. The second-order valence-electron chi connectivity index (χ2n) is 6.62. The predicted octanol–water partition coefficient (Wildman–Crippen LogP) is 3.64. The molecule has 3 rings (SSSR count). The van der Waals surface area contributed by atoms with Gasteiger partial charge in [-0.25, -0.2) is 4.79 Å². The summed E-state index contributed by atoms with van der Waals surface area (Å²) in [5.41, 5.74) is -0.129. The van der Waals surface area contributed by atoms with Crippen molar-refractivity contribution in [1.82, 2.24) is 5.32 Å². The van der Waals surface area contributed by atoms with Gasteiger partial charge in [-0.1, -0.05) is 19.3 Å². The zero-order chi connectivity index (χ0) is 17.1. The van der Waals surface area contributed by atoms with Crippen LogP contribution in [0.15, 0.2) is 33.5 Å². The Morgan fingerprint density at radius 1 is 1.21 bits per heavy atom. The summed E-state index contributed by atoms with van der Waals surface area (Å²) in [5.74, 6) is 0.292. The summed E-state index contributed by atoms with van der Waals surface area (Å²) < 4.78 is 10.9. The highest BCUT2D eigenvalue weighted by Gasteiger charge is 2.20. The standard InChI is InChI=1S/C19H23NO4/c1-12(2)23-15-9-8-13-10-16(19(22)24-17(13)11-15)18(21)20-14-6-4-3-5-7-14/h8-12,14H,3-7H2,1-2H3,(H,20,21). The van der Waals surface area contributed by atoms with Crippen LogP contribution >= 0.6 is 0 Å². The molecule has 1 fully saturated rings. The first-order chi connectivity index (χ1) is 11.5. The molecule has 1 saturated carbocycles. The van der Waals surface area contributed by atoms with Gasteiger partial charge in [-0.2, -0.15) is 0 Å². The van der Waals surface area contributed by atoms with E-state index in [9.17, 15) is 9.59 Å². The van der Waals surface area contributed by atoms with Crippen molar-refractivity contribution in [2.24, 2.45) is 0 Å². The van der Waals surface area contributed by atoms with Gasteiger partial charge in [0.2, 0.25) is 0 Å². The lowest BCUT2D eigenvalue weighted by Crippen LogP contribution is -2.38. The molecule has 2 aromatic rings. The molecule has 1 aromatic heterocycles. The lowest BCUT2D eigenvalue weighted by Gasteiger charge is -2.22. The third-order valence-electron chi connectivity index (χ3n) is 4.26. The summed E-state index contributed by atoms with van der Waals surface area (Å²) >= 11 is 0. The summed E-state index contributed by atoms with van der Waals surface area (Å²) in [4.78, 5) is 24.6. The summed E-state index contributed by atoms with van der Waals surface area (Å²) in [5, 5.41) is 3.66. The number of fused-ring (bicyclic) bond motifs is 1. The van der Waals surface area contributed by atoms with Gasteiger partial charge in [0.1, 0.15) is 16.9 Å². The summed E-state index contributed by atoms with van der Waals surface area (Å²) in [6.45, 7) is 3.86. The fourth-order valence-electron chi connectivity index (χ4n) is 3.11. The Morgan fingerprint density at radius 3 is 2.67 bits per heavy atom. The quantitative estimate of drug-likeness (QED) is 0.870. The Hall–Kier alpha value is -2.30. The number of ether oxygens (including phenoxy) is 1. The van der Waals surface area contributed by atoms with E-state index in [2.05, 4.69) is 5.32 Å². The van der Waals surface area contributed by atoms with Crippen LogP contribution in [0.1, 0.15) is 56.3 Å². The topological polar surface area (TPSA) is 68.5 Å². The van der Waals surface area contributed by atoms with Gasteiger partial charge in [0, 0.05) is 17.5 Å². The van der Waals surface area contributed by atoms with Crippen molar-refractivity contribution in [3.63, 3.8) is 0 Å². The first-order valence-electron chi connectivity index (χ1n) is 8.58. The van der Waals surface area contributed by atoms with E-state index in [1.807, 2.05) is 19.9 Å². The normalized spacial score (nSPS) is 15.6. The molecule has 1 heterocycles. The highest BCUT2D eigenvalue weighted by Crippen LogP contribution is 2.22. The number of amides is 1. The highest BCUT2D eigenvalue weighted by molar-refractivity contribution is 5.96. The average molecular weight is 329 g/mol. The van der Waals surface area contributed by atoms with Crippen molar-refractivity contribution >= 4 is 16.9 Å². The number of rotatable bonds is 4. The van der Waals surface area contributed by atoms with Gasteiger partial charge >= 0.3 is 5.63 Å². The van der Waals surface area contributed by atoms with Crippen LogP contribution in [-0.4, -0.2) is 18.1 Å². The molecule has 1 aliphatic rings. The van der Waals surface area contributed by atoms with Crippen LogP contribution in [0.5, 0.6) is 5.75 Å². The highest BCUT2D eigenvalue weighted by atomic mass is 16.5. The van der Waals surface area contributed by atoms with Crippen LogP contribution in [0.2, 0.25) is 0 Å². The Balaban J connectivity index is 1.84. The van der Waals surface area contributed by atoms with Gasteiger partial charge in [-0.05, 0) is 44.9 Å². The third kappa shape index (κ3) is 3.78. The van der Waals surface area contributed by atoms with Gasteiger partial charge in [-0.15, -0.1) is 0 Å². The number of benzene rings is 1. The molecule has 1 aromatic carbocycles. The monoisotopic (exact) mass is 329 g/mol. The Labute approximate surface area is 141 Å². The van der Waals surface area contributed by atoms with E-state index in [0.717, 1.165) is 25.7 Å². The molecule has 128 valence electrons.